The van der Waals surface area contributed by atoms with Crippen molar-refractivity contribution >= 4 is 11.6 Å². The molecule has 5 heteroatoms. The second kappa shape index (κ2) is 7.49. The van der Waals surface area contributed by atoms with Gasteiger partial charge in [0.15, 0.2) is 0 Å². The quantitative estimate of drug-likeness (QED) is 0.838. The number of nitrogens with one attached hydrogen (secondary N) is 1. The van der Waals surface area contributed by atoms with Gasteiger partial charge in [0, 0.05) is 31.6 Å². The maximum Gasteiger partial charge on any atom is 0.224 e. The van der Waals surface area contributed by atoms with Gasteiger partial charge in [0.05, 0.1) is 12.8 Å². The van der Waals surface area contributed by atoms with Gasteiger partial charge in [-0.3, -0.25) is 4.79 Å². The average molecular weight is 305 g/mol. The van der Waals surface area contributed by atoms with E-state index in [2.05, 4.69) is 16.3 Å². The summed E-state index contributed by atoms with van der Waals surface area (Å²) in [4.78, 5) is 14.3. The second-order valence-electron chi connectivity index (χ2n) is 6.17. The van der Waals surface area contributed by atoms with E-state index >= 15 is 0 Å². The molecule has 122 valence electrons. The molecule has 1 amide bonds. The Kier molecular flexibility index (Phi) is 5.66. The molecular weight excluding hydrogens is 278 g/mol. The Morgan fingerprint density at radius 2 is 2.18 bits per heavy atom. The predicted molar refractivity (Wildman–Crippen MR) is 89.1 cm³/mol. The monoisotopic (exact) mass is 305 g/mol. The van der Waals surface area contributed by atoms with Crippen molar-refractivity contribution in [2.24, 2.45) is 17.6 Å². The van der Waals surface area contributed by atoms with E-state index in [4.69, 9.17) is 10.5 Å². The average Bonchev–Trinajstić information content (AvgIpc) is 3.00. The minimum atomic E-state index is -0.147. The summed E-state index contributed by atoms with van der Waals surface area (Å²) in [6.45, 7) is 6.37. The molecule has 3 atom stereocenters. The Labute approximate surface area is 132 Å². The molecule has 3 unspecified atom stereocenters. The van der Waals surface area contributed by atoms with Crippen LogP contribution in [0.2, 0.25) is 0 Å². The van der Waals surface area contributed by atoms with E-state index < -0.39 is 0 Å². The highest BCUT2D eigenvalue weighted by Gasteiger charge is 2.25. The van der Waals surface area contributed by atoms with Crippen molar-refractivity contribution in [1.82, 2.24) is 5.32 Å². The third-order valence-corrected chi connectivity index (χ3v) is 4.48. The minimum absolute atomic E-state index is 0.0470. The van der Waals surface area contributed by atoms with Gasteiger partial charge in [0.2, 0.25) is 5.91 Å². The fourth-order valence-corrected chi connectivity index (χ4v) is 2.75. The fraction of sp³-hybridized carbons (Fsp3) is 0.588. The van der Waals surface area contributed by atoms with Crippen LogP contribution in [-0.4, -0.2) is 38.7 Å². The third-order valence-electron chi connectivity index (χ3n) is 4.48. The number of rotatable bonds is 6. The van der Waals surface area contributed by atoms with Crippen LogP contribution in [0.25, 0.3) is 0 Å². The normalized spacial score (nSPS) is 20.5. The number of anilines is 1. The molecule has 1 aromatic rings. The number of nitrogens with zero attached hydrogens (tertiary/aromatic N) is 1. The van der Waals surface area contributed by atoms with Crippen LogP contribution < -0.4 is 20.7 Å². The van der Waals surface area contributed by atoms with Gasteiger partial charge in [0.1, 0.15) is 5.75 Å². The van der Waals surface area contributed by atoms with Crippen LogP contribution in [0.15, 0.2) is 24.3 Å². The molecule has 0 spiro atoms. The van der Waals surface area contributed by atoms with Gasteiger partial charge in [-0.15, -0.1) is 0 Å². The predicted octanol–water partition coefficient (Wildman–Crippen LogP) is 1.62. The van der Waals surface area contributed by atoms with E-state index in [0.29, 0.717) is 12.5 Å². The van der Waals surface area contributed by atoms with Crippen LogP contribution in [0.4, 0.5) is 5.69 Å². The molecule has 1 aromatic carbocycles. The number of amides is 1. The van der Waals surface area contributed by atoms with E-state index in [1.807, 2.05) is 32.0 Å². The standard InChI is InChI=1S/C17H27N3O2/c1-12(13(2)18)17(21)19-10-14-8-9-20(11-14)15-6-4-5-7-16(15)22-3/h4-7,12-14H,8-11,18H2,1-3H3,(H,19,21). The summed E-state index contributed by atoms with van der Waals surface area (Å²) < 4.78 is 5.42. The maximum absolute atomic E-state index is 12.0. The van der Waals surface area contributed by atoms with Gasteiger partial charge in [-0.1, -0.05) is 19.1 Å². The number of nitrogens with two attached hydrogens (primary N) is 1. The molecule has 1 aliphatic heterocycles. The third kappa shape index (κ3) is 3.91. The molecule has 0 bridgehead atoms. The summed E-state index contributed by atoms with van der Waals surface area (Å²) in [5.74, 6) is 1.27. The smallest absolute Gasteiger partial charge is 0.224 e. The lowest BCUT2D eigenvalue weighted by Crippen LogP contribution is -2.40. The highest BCUT2D eigenvalue weighted by Crippen LogP contribution is 2.31. The first-order chi connectivity index (χ1) is 10.5. The summed E-state index contributed by atoms with van der Waals surface area (Å²) in [7, 11) is 1.70. The van der Waals surface area contributed by atoms with Crippen molar-refractivity contribution in [1.29, 1.82) is 0 Å². The summed E-state index contributed by atoms with van der Waals surface area (Å²) in [6.07, 6.45) is 1.07. The molecule has 1 saturated heterocycles. The topological polar surface area (TPSA) is 67.6 Å². The van der Waals surface area contributed by atoms with Crippen LogP contribution in [0.3, 0.4) is 0 Å². The Morgan fingerprint density at radius 1 is 1.45 bits per heavy atom. The summed E-state index contributed by atoms with van der Waals surface area (Å²) in [5.41, 5.74) is 6.90. The van der Waals surface area contributed by atoms with Crippen molar-refractivity contribution in [2.75, 3.05) is 31.6 Å². The molecule has 22 heavy (non-hydrogen) atoms. The highest BCUT2D eigenvalue weighted by molar-refractivity contribution is 5.78. The number of hydrogen-bond donors (Lipinski definition) is 2. The fourth-order valence-electron chi connectivity index (χ4n) is 2.75. The van der Waals surface area contributed by atoms with Crippen LogP contribution in [0, 0.1) is 11.8 Å². The first-order valence-electron chi connectivity index (χ1n) is 7.94. The first kappa shape index (κ1) is 16.6. The minimum Gasteiger partial charge on any atom is -0.495 e. The van der Waals surface area contributed by atoms with Crippen LogP contribution in [0.5, 0.6) is 5.75 Å². The molecule has 1 heterocycles. The summed E-state index contributed by atoms with van der Waals surface area (Å²) in [5, 5.41) is 3.03. The number of ether oxygens (including phenoxy) is 1. The molecule has 0 aromatic heterocycles. The molecule has 0 radical (unpaired) electrons. The van der Waals surface area contributed by atoms with Crippen molar-refractivity contribution in [2.45, 2.75) is 26.3 Å². The number of para-hydroxylation sites is 2. The maximum atomic E-state index is 12.0. The lowest BCUT2D eigenvalue weighted by molar-refractivity contribution is -0.125. The zero-order valence-corrected chi connectivity index (χ0v) is 13.7. The van der Waals surface area contributed by atoms with E-state index in [-0.39, 0.29) is 17.9 Å². The molecule has 0 saturated carbocycles. The number of hydrogen-bond acceptors (Lipinski definition) is 4. The highest BCUT2D eigenvalue weighted by atomic mass is 16.5. The van der Waals surface area contributed by atoms with Crippen LogP contribution in [0.1, 0.15) is 20.3 Å². The van der Waals surface area contributed by atoms with Gasteiger partial charge in [-0.05, 0) is 31.4 Å². The molecular formula is C17H27N3O2. The summed E-state index contributed by atoms with van der Waals surface area (Å²) >= 11 is 0. The summed E-state index contributed by atoms with van der Waals surface area (Å²) in [6, 6.07) is 7.95. The van der Waals surface area contributed by atoms with Gasteiger partial charge in [0.25, 0.3) is 0 Å². The Hall–Kier alpha value is -1.75. The van der Waals surface area contributed by atoms with Crippen molar-refractivity contribution in [3.05, 3.63) is 24.3 Å². The molecule has 3 N–H and O–H groups in total. The number of carbonyl (C=O) groups excluding carboxylic acids is 1. The zero-order valence-electron chi connectivity index (χ0n) is 13.7. The number of methoxy groups -OCH3 is 1. The van der Waals surface area contributed by atoms with Gasteiger partial charge >= 0.3 is 0 Å². The van der Waals surface area contributed by atoms with E-state index in [0.717, 1.165) is 30.9 Å². The van der Waals surface area contributed by atoms with Gasteiger partial charge in [-0.25, -0.2) is 0 Å². The Morgan fingerprint density at radius 3 is 2.86 bits per heavy atom. The van der Waals surface area contributed by atoms with Gasteiger partial charge in [-0.2, -0.15) is 0 Å². The van der Waals surface area contributed by atoms with Crippen LogP contribution >= 0.6 is 0 Å². The molecule has 2 rings (SSSR count). The van der Waals surface area contributed by atoms with Crippen molar-refractivity contribution < 1.29 is 9.53 Å². The molecule has 1 aliphatic rings. The van der Waals surface area contributed by atoms with Crippen LogP contribution in [-0.2, 0) is 4.79 Å². The number of carbonyl (C=O) groups is 1. The Balaban J connectivity index is 1.87. The largest absolute Gasteiger partial charge is 0.495 e. The zero-order chi connectivity index (χ0) is 16.1. The molecule has 1 fully saturated rings. The lowest BCUT2D eigenvalue weighted by Gasteiger charge is -2.21. The van der Waals surface area contributed by atoms with Crippen molar-refractivity contribution in [3.8, 4) is 5.75 Å². The first-order valence-corrected chi connectivity index (χ1v) is 7.94. The molecule has 5 nitrogen and oxygen atoms in total. The SMILES string of the molecule is COc1ccccc1N1CCC(CNC(=O)C(C)C(C)N)C1. The molecule has 0 aliphatic carbocycles. The van der Waals surface area contributed by atoms with Gasteiger partial charge < -0.3 is 20.7 Å². The second-order valence-corrected chi connectivity index (χ2v) is 6.17. The Bertz CT molecular complexity index is 504. The van der Waals surface area contributed by atoms with E-state index in [1.165, 1.54) is 0 Å². The van der Waals surface area contributed by atoms with E-state index in [9.17, 15) is 4.79 Å². The number of benzene rings is 1. The van der Waals surface area contributed by atoms with E-state index in [1.54, 1.807) is 7.11 Å². The van der Waals surface area contributed by atoms with Crippen molar-refractivity contribution in [3.63, 3.8) is 0 Å². The lowest BCUT2D eigenvalue weighted by atomic mass is 10.0.